The first-order chi connectivity index (χ1) is 15.8. The lowest BCUT2D eigenvalue weighted by Crippen LogP contribution is -2.34. The Morgan fingerprint density at radius 3 is 1.70 bits per heavy atom. The average molecular weight is 496 g/mol. The fraction of sp³-hybridized carbons (Fsp3) is 0.0769. The highest BCUT2D eigenvalue weighted by Gasteiger charge is 2.40. The van der Waals surface area contributed by atoms with E-state index in [-0.39, 0.29) is 4.90 Å². The zero-order valence-electron chi connectivity index (χ0n) is 17.9. The molecule has 0 amide bonds. The van der Waals surface area contributed by atoms with Gasteiger partial charge >= 0.3 is 0 Å². The number of hydrogen-bond acceptors (Lipinski definition) is 3. The Bertz CT molecular complexity index is 1330. The van der Waals surface area contributed by atoms with Crippen LogP contribution >= 0.6 is 18.7 Å². The maximum Gasteiger partial charge on any atom is 0.241 e. The van der Waals surface area contributed by atoms with Gasteiger partial charge in [0.2, 0.25) is 10.0 Å². The lowest BCUT2D eigenvalue weighted by molar-refractivity contribution is 0.560. The van der Waals surface area contributed by atoms with E-state index < -0.39 is 22.9 Å². The summed E-state index contributed by atoms with van der Waals surface area (Å²) >= 11 is 6.10. The Morgan fingerprint density at radius 2 is 1.21 bits per heavy atom. The number of sulfonamides is 1. The summed E-state index contributed by atoms with van der Waals surface area (Å²) in [7, 11) is -7.52. The van der Waals surface area contributed by atoms with E-state index in [0.717, 1.165) is 5.56 Å². The molecule has 1 atom stereocenters. The first kappa shape index (κ1) is 23.5. The van der Waals surface area contributed by atoms with E-state index in [1.807, 2.05) is 19.1 Å². The van der Waals surface area contributed by atoms with Gasteiger partial charge in [-0.3, -0.25) is 0 Å². The second-order valence-corrected chi connectivity index (χ2v) is 12.7. The first-order valence-corrected chi connectivity index (χ1v) is 14.0. The molecule has 4 rings (SSSR count). The molecule has 4 nitrogen and oxygen atoms in total. The molecule has 33 heavy (non-hydrogen) atoms. The van der Waals surface area contributed by atoms with Crippen LogP contribution in [0.3, 0.4) is 0 Å². The minimum Gasteiger partial charge on any atom is -0.312 e. The topological polar surface area (TPSA) is 63.2 Å². The van der Waals surface area contributed by atoms with Crippen molar-refractivity contribution in [3.05, 3.63) is 125 Å². The highest BCUT2D eigenvalue weighted by Crippen LogP contribution is 2.56. The zero-order chi connectivity index (χ0) is 23.5. The quantitative estimate of drug-likeness (QED) is 0.337. The molecule has 0 saturated heterocycles. The predicted octanol–water partition coefficient (Wildman–Crippen LogP) is 5.64. The normalized spacial score (nSPS) is 12.9. The van der Waals surface area contributed by atoms with Crippen molar-refractivity contribution < 1.29 is 13.0 Å². The standard InChI is InChI=1S/C26H23ClNO3PS/c1-20-12-18-25(19-13-20)33(30,31)28-26(21-14-16-22(27)17-15-21)32(29,23-8-4-2-5-9-23)24-10-6-3-7-11-24/h2-19,26,28H,1H3/t26-/m1/s1. The number of rotatable bonds is 7. The Balaban J connectivity index is 1.93. The Kier molecular flexibility index (Phi) is 6.87. The van der Waals surface area contributed by atoms with E-state index in [9.17, 15) is 8.42 Å². The van der Waals surface area contributed by atoms with Gasteiger partial charge in [0.15, 0.2) is 7.14 Å². The van der Waals surface area contributed by atoms with Crippen LogP contribution in [0, 0.1) is 6.92 Å². The monoisotopic (exact) mass is 495 g/mol. The fourth-order valence-electron chi connectivity index (χ4n) is 3.68. The molecular formula is C26H23ClNO3PS. The molecule has 0 spiro atoms. The van der Waals surface area contributed by atoms with E-state index in [1.54, 1.807) is 97.1 Å². The number of hydrogen-bond donors (Lipinski definition) is 1. The zero-order valence-corrected chi connectivity index (χ0v) is 20.4. The first-order valence-electron chi connectivity index (χ1n) is 10.4. The van der Waals surface area contributed by atoms with Crippen molar-refractivity contribution in [3.8, 4) is 0 Å². The van der Waals surface area contributed by atoms with Gasteiger partial charge in [-0.05, 0) is 36.8 Å². The van der Waals surface area contributed by atoms with Gasteiger partial charge in [-0.15, -0.1) is 0 Å². The molecule has 168 valence electrons. The Morgan fingerprint density at radius 1 is 0.727 bits per heavy atom. The van der Waals surface area contributed by atoms with E-state index in [4.69, 9.17) is 11.6 Å². The molecule has 0 fully saturated rings. The summed E-state index contributed by atoms with van der Waals surface area (Å²) in [6.45, 7) is 1.89. The molecule has 1 N–H and O–H groups in total. The van der Waals surface area contributed by atoms with Gasteiger partial charge in [-0.2, -0.15) is 4.72 Å². The highest BCUT2D eigenvalue weighted by molar-refractivity contribution is 7.90. The van der Waals surface area contributed by atoms with Crippen molar-refractivity contribution >= 4 is 39.4 Å². The average Bonchev–Trinajstić information content (AvgIpc) is 2.84. The summed E-state index contributed by atoms with van der Waals surface area (Å²) < 4.78 is 44.7. The summed E-state index contributed by atoms with van der Waals surface area (Å²) in [5, 5.41) is 1.62. The number of benzene rings is 4. The second-order valence-electron chi connectivity index (χ2n) is 7.72. The van der Waals surface area contributed by atoms with Crippen LogP contribution < -0.4 is 15.3 Å². The molecular weight excluding hydrogens is 473 g/mol. The van der Waals surface area contributed by atoms with Crippen molar-refractivity contribution in [2.45, 2.75) is 17.6 Å². The van der Waals surface area contributed by atoms with Gasteiger partial charge in [0, 0.05) is 15.6 Å². The molecule has 0 bridgehead atoms. The Labute approximate surface area is 199 Å². The minimum atomic E-state index is -3.99. The van der Waals surface area contributed by atoms with Gasteiger partial charge < -0.3 is 4.57 Å². The molecule has 0 aromatic heterocycles. The molecule has 4 aromatic rings. The third-order valence-corrected chi connectivity index (χ3v) is 10.6. The fourth-order valence-corrected chi connectivity index (χ4v) is 8.59. The second kappa shape index (κ2) is 9.66. The van der Waals surface area contributed by atoms with Crippen LogP contribution in [0.5, 0.6) is 0 Å². The van der Waals surface area contributed by atoms with Crippen molar-refractivity contribution in [3.63, 3.8) is 0 Å². The van der Waals surface area contributed by atoms with E-state index >= 15 is 4.57 Å². The van der Waals surface area contributed by atoms with E-state index in [1.165, 1.54) is 0 Å². The predicted molar refractivity (Wildman–Crippen MR) is 135 cm³/mol. The van der Waals surface area contributed by atoms with Gasteiger partial charge in [-0.25, -0.2) is 8.42 Å². The summed E-state index contributed by atoms with van der Waals surface area (Å²) in [5.74, 6) is -1.04. The molecule has 0 saturated carbocycles. The van der Waals surface area contributed by atoms with Crippen LogP contribution in [0.2, 0.25) is 5.02 Å². The molecule has 0 aliphatic carbocycles. The summed E-state index contributed by atoms with van der Waals surface area (Å²) in [6.07, 6.45) is 0. The molecule has 0 heterocycles. The molecule has 0 aliphatic rings. The van der Waals surface area contributed by atoms with E-state index in [2.05, 4.69) is 4.72 Å². The molecule has 0 unspecified atom stereocenters. The number of nitrogens with one attached hydrogen (secondary N) is 1. The van der Waals surface area contributed by atoms with Gasteiger partial charge in [0.25, 0.3) is 0 Å². The van der Waals surface area contributed by atoms with Crippen LogP contribution in [0.15, 0.2) is 114 Å². The molecule has 0 radical (unpaired) electrons. The Hall–Kier alpha value is -2.69. The lowest BCUT2D eigenvalue weighted by atomic mass is 10.2. The lowest BCUT2D eigenvalue weighted by Gasteiger charge is -2.30. The van der Waals surface area contributed by atoms with Gasteiger partial charge in [0.05, 0.1) is 4.90 Å². The maximum atomic E-state index is 15.0. The minimum absolute atomic E-state index is 0.111. The van der Waals surface area contributed by atoms with Gasteiger partial charge in [-0.1, -0.05) is 102 Å². The van der Waals surface area contributed by atoms with Crippen LogP contribution in [0.1, 0.15) is 16.9 Å². The molecule has 7 heteroatoms. The summed E-state index contributed by atoms with van der Waals surface area (Å²) in [6, 6.07) is 31.3. The molecule has 0 aliphatic heterocycles. The van der Waals surface area contributed by atoms with Crippen molar-refractivity contribution in [1.82, 2.24) is 4.72 Å². The highest BCUT2D eigenvalue weighted by atomic mass is 35.5. The van der Waals surface area contributed by atoms with Crippen molar-refractivity contribution in [1.29, 1.82) is 0 Å². The van der Waals surface area contributed by atoms with Crippen LogP contribution in [0.25, 0.3) is 0 Å². The SMILES string of the molecule is Cc1ccc(S(=O)(=O)N[C@@H](c2ccc(Cl)cc2)P(=O)(c2ccccc2)c2ccccc2)cc1. The van der Waals surface area contributed by atoms with Crippen molar-refractivity contribution in [2.75, 3.05) is 0 Å². The van der Waals surface area contributed by atoms with E-state index in [0.29, 0.717) is 21.2 Å². The summed E-state index contributed by atoms with van der Waals surface area (Å²) in [5.41, 5.74) is 1.51. The van der Waals surface area contributed by atoms with Crippen LogP contribution in [0.4, 0.5) is 0 Å². The third kappa shape index (κ3) is 4.97. The van der Waals surface area contributed by atoms with Crippen molar-refractivity contribution in [2.24, 2.45) is 0 Å². The number of halogens is 1. The largest absolute Gasteiger partial charge is 0.312 e. The summed E-state index contributed by atoms with van der Waals surface area (Å²) in [4.78, 5) is 0.111. The maximum absolute atomic E-state index is 15.0. The van der Waals surface area contributed by atoms with Crippen LogP contribution in [-0.2, 0) is 14.6 Å². The number of aryl methyl sites for hydroxylation is 1. The van der Waals surface area contributed by atoms with Gasteiger partial charge in [0.1, 0.15) is 5.78 Å². The molecule has 4 aromatic carbocycles. The smallest absolute Gasteiger partial charge is 0.241 e. The van der Waals surface area contributed by atoms with Crippen LogP contribution in [-0.4, -0.2) is 8.42 Å². The third-order valence-electron chi connectivity index (χ3n) is 5.43.